The van der Waals surface area contributed by atoms with Gasteiger partial charge in [0.15, 0.2) is 0 Å². The standard InChI is InChI=1S/C26H30N2O4S/c1-5-24(21-13-11-19(2)12-14-21)27-26(29)18-28(22-9-7-6-8-10-22)33(30,31)23-15-16-25(32-4)20(3)17-23/h6-17,24H,5,18H2,1-4H3,(H,27,29). The van der Waals surface area contributed by atoms with E-state index >= 15 is 0 Å². The number of hydrogen-bond donors (Lipinski definition) is 1. The van der Waals surface area contributed by atoms with Crippen LogP contribution in [0.3, 0.4) is 0 Å². The number of methoxy groups -OCH3 is 1. The maximum atomic E-state index is 13.6. The summed E-state index contributed by atoms with van der Waals surface area (Å²) in [6, 6.07) is 21.1. The molecule has 0 aliphatic carbocycles. The van der Waals surface area contributed by atoms with Crippen molar-refractivity contribution in [2.45, 2.75) is 38.1 Å². The van der Waals surface area contributed by atoms with Crippen LogP contribution >= 0.6 is 0 Å². The van der Waals surface area contributed by atoms with E-state index in [0.717, 1.165) is 15.4 Å². The Morgan fingerprint density at radius 1 is 1.00 bits per heavy atom. The van der Waals surface area contributed by atoms with E-state index in [0.29, 0.717) is 23.4 Å². The number of amides is 1. The van der Waals surface area contributed by atoms with E-state index in [2.05, 4.69) is 5.32 Å². The molecule has 7 heteroatoms. The fourth-order valence-corrected chi connectivity index (χ4v) is 5.14. The Morgan fingerprint density at radius 3 is 2.24 bits per heavy atom. The van der Waals surface area contributed by atoms with Crippen molar-refractivity contribution in [1.82, 2.24) is 5.32 Å². The van der Waals surface area contributed by atoms with Gasteiger partial charge in [0, 0.05) is 0 Å². The molecule has 0 radical (unpaired) electrons. The zero-order valence-corrected chi connectivity index (χ0v) is 20.2. The third-order valence-corrected chi connectivity index (χ3v) is 7.28. The monoisotopic (exact) mass is 466 g/mol. The number of anilines is 1. The highest BCUT2D eigenvalue weighted by atomic mass is 32.2. The number of aryl methyl sites for hydroxylation is 2. The number of sulfonamides is 1. The summed E-state index contributed by atoms with van der Waals surface area (Å²) >= 11 is 0. The molecule has 3 rings (SSSR count). The van der Waals surface area contributed by atoms with Gasteiger partial charge in [-0.1, -0.05) is 55.0 Å². The van der Waals surface area contributed by atoms with Crippen molar-refractivity contribution in [3.8, 4) is 5.75 Å². The van der Waals surface area contributed by atoms with Crippen LogP contribution in [0.5, 0.6) is 5.75 Å². The minimum Gasteiger partial charge on any atom is -0.496 e. The maximum Gasteiger partial charge on any atom is 0.264 e. The van der Waals surface area contributed by atoms with Gasteiger partial charge in [0.25, 0.3) is 10.0 Å². The zero-order chi connectivity index (χ0) is 24.0. The third kappa shape index (κ3) is 5.73. The van der Waals surface area contributed by atoms with Gasteiger partial charge in [-0.3, -0.25) is 9.10 Å². The molecule has 0 bridgehead atoms. The van der Waals surface area contributed by atoms with Gasteiger partial charge >= 0.3 is 0 Å². The summed E-state index contributed by atoms with van der Waals surface area (Å²) in [5.41, 5.74) is 3.23. The summed E-state index contributed by atoms with van der Waals surface area (Å²) in [7, 11) is -2.46. The zero-order valence-electron chi connectivity index (χ0n) is 19.4. The van der Waals surface area contributed by atoms with E-state index < -0.39 is 10.0 Å². The molecule has 0 aliphatic rings. The van der Waals surface area contributed by atoms with Gasteiger partial charge in [-0.15, -0.1) is 0 Å². The SMILES string of the molecule is CCC(NC(=O)CN(c1ccccc1)S(=O)(=O)c1ccc(OC)c(C)c1)c1ccc(C)cc1. The number of ether oxygens (including phenoxy) is 1. The smallest absolute Gasteiger partial charge is 0.264 e. The Balaban J connectivity index is 1.90. The molecule has 33 heavy (non-hydrogen) atoms. The van der Waals surface area contributed by atoms with Crippen LogP contribution in [0.25, 0.3) is 0 Å². The lowest BCUT2D eigenvalue weighted by Gasteiger charge is -2.26. The second-order valence-electron chi connectivity index (χ2n) is 7.92. The van der Waals surface area contributed by atoms with Crippen LogP contribution in [0.15, 0.2) is 77.7 Å². The normalized spacial score (nSPS) is 12.1. The van der Waals surface area contributed by atoms with Gasteiger partial charge < -0.3 is 10.1 Å². The third-order valence-electron chi connectivity index (χ3n) is 5.51. The second-order valence-corrected chi connectivity index (χ2v) is 9.78. The minimum atomic E-state index is -3.99. The van der Waals surface area contributed by atoms with Gasteiger partial charge in [0.1, 0.15) is 12.3 Å². The molecule has 6 nitrogen and oxygen atoms in total. The van der Waals surface area contributed by atoms with E-state index in [9.17, 15) is 13.2 Å². The Labute approximate surface area is 196 Å². The van der Waals surface area contributed by atoms with E-state index in [1.807, 2.05) is 38.1 Å². The van der Waals surface area contributed by atoms with Crippen molar-refractivity contribution in [3.05, 3.63) is 89.5 Å². The number of rotatable bonds is 9. The fourth-order valence-electron chi connectivity index (χ4n) is 3.64. The molecule has 0 saturated heterocycles. The van der Waals surface area contributed by atoms with Crippen LogP contribution in [0.1, 0.15) is 36.1 Å². The van der Waals surface area contributed by atoms with Crippen LogP contribution in [0.2, 0.25) is 0 Å². The van der Waals surface area contributed by atoms with Crippen LogP contribution in [0, 0.1) is 13.8 Å². The van der Waals surface area contributed by atoms with E-state index in [-0.39, 0.29) is 23.4 Å². The molecular formula is C26H30N2O4S. The number of benzene rings is 3. The predicted molar refractivity (Wildman–Crippen MR) is 131 cm³/mol. The number of nitrogens with zero attached hydrogens (tertiary/aromatic N) is 1. The van der Waals surface area contributed by atoms with Crippen molar-refractivity contribution in [2.75, 3.05) is 18.0 Å². The topological polar surface area (TPSA) is 75.7 Å². The Morgan fingerprint density at radius 2 is 1.67 bits per heavy atom. The first-order valence-corrected chi connectivity index (χ1v) is 12.3. The molecule has 0 aromatic heterocycles. The number of carbonyl (C=O) groups is 1. The molecular weight excluding hydrogens is 436 g/mol. The Bertz CT molecular complexity index is 1190. The number of para-hydroxylation sites is 1. The molecule has 3 aromatic rings. The molecule has 0 heterocycles. The maximum absolute atomic E-state index is 13.6. The highest BCUT2D eigenvalue weighted by Crippen LogP contribution is 2.27. The molecule has 3 aromatic carbocycles. The summed E-state index contributed by atoms with van der Waals surface area (Å²) < 4.78 is 33.6. The van der Waals surface area contributed by atoms with Crippen LogP contribution < -0.4 is 14.4 Å². The quantitative estimate of drug-likeness (QED) is 0.493. The lowest BCUT2D eigenvalue weighted by molar-refractivity contribution is -0.120. The molecule has 1 N–H and O–H groups in total. The van der Waals surface area contributed by atoms with Crippen LogP contribution in [-0.4, -0.2) is 28.0 Å². The van der Waals surface area contributed by atoms with Crippen molar-refractivity contribution in [2.24, 2.45) is 0 Å². The average molecular weight is 467 g/mol. The molecule has 1 atom stereocenters. The molecule has 0 aliphatic heterocycles. The van der Waals surface area contributed by atoms with Gasteiger partial charge in [0.05, 0.1) is 23.7 Å². The van der Waals surface area contributed by atoms with E-state index in [4.69, 9.17) is 4.74 Å². The minimum absolute atomic E-state index is 0.100. The van der Waals surface area contributed by atoms with Gasteiger partial charge in [-0.2, -0.15) is 0 Å². The van der Waals surface area contributed by atoms with Crippen LogP contribution in [-0.2, 0) is 14.8 Å². The summed E-state index contributed by atoms with van der Waals surface area (Å²) in [6.07, 6.45) is 0.685. The highest BCUT2D eigenvalue weighted by molar-refractivity contribution is 7.92. The number of nitrogens with one attached hydrogen (secondary N) is 1. The molecule has 174 valence electrons. The molecule has 0 fully saturated rings. The molecule has 0 saturated carbocycles. The first-order valence-electron chi connectivity index (χ1n) is 10.8. The largest absolute Gasteiger partial charge is 0.496 e. The number of carbonyl (C=O) groups excluding carboxylic acids is 1. The fraction of sp³-hybridized carbons (Fsp3) is 0.269. The molecule has 1 unspecified atom stereocenters. The van der Waals surface area contributed by atoms with Crippen molar-refractivity contribution < 1.29 is 17.9 Å². The lowest BCUT2D eigenvalue weighted by atomic mass is 10.0. The Hall–Kier alpha value is -3.32. The summed E-state index contributed by atoms with van der Waals surface area (Å²) in [5.74, 6) is 0.224. The summed E-state index contributed by atoms with van der Waals surface area (Å²) in [4.78, 5) is 13.1. The van der Waals surface area contributed by atoms with Crippen LogP contribution in [0.4, 0.5) is 5.69 Å². The molecule has 0 spiro atoms. The number of hydrogen-bond acceptors (Lipinski definition) is 4. The molecule has 1 amide bonds. The Kier molecular flexibility index (Phi) is 7.76. The summed E-state index contributed by atoms with van der Waals surface area (Å²) in [6.45, 7) is 5.44. The van der Waals surface area contributed by atoms with E-state index in [1.54, 1.807) is 49.4 Å². The van der Waals surface area contributed by atoms with Gasteiger partial charge in [-0.25, -0.2) is 8.42 Å². The van der Waals surface area contributed by atoms with Crippen molar-refractivity contribution in [1.29, 1.82) is 0 Å². The lowest BCUT2D eigenvalue weighted by Crippen LogP contribution is -2.42. The van der Waals surface area contributed by atoms with E-state index in [1.165, 1.54) is 13.2 Å². The summed E-state index contributed by atoms with van der Waals surface area (Å²) in [5, 5.41) is 2.99. The van der Waals surface area contributed by atoms with Gasteiger partial charge in [0.2, 0.25) is 5.91 Å². The second kappa shape index (κ2) is 10.5. The van der Waals surface area contributed by atoms with Crippen molar-refractivity contribution in [3.63, 3.8) is 0 Å². The van der Waals surface area contributed by atoms with Gasteiger partial charge in [-0.05, 0) is 61.7 Å². The first-order chi connectivity index (χ1) is 15.8. The first kappa shape index (κ1) is 24.3. The highest BCUT2D eigenvalue weighted by Gasteiger charge is 2.28. The average Bonchev–Trinajstić information content (AvgIpc) is 2.82. The predicted octanol–water partition coefficient (Wildman–Crippen LogP) is 4.77. The van der Waals surface area contributed by atoms with Crippen molar-refractivity contribution >= 4 is 21.6 Å².